The first-order valence-electron chi connectivity index (χ1n) is 5.83. The molecule has 3 heteroatoms. The van der Waals surface area contributed by atoms with Crippen LogP contribution in [0.3, 0.4) is 0 Å². The van der Waals surface area contributed by atoms with E-state index in [1.165, 1.54) is 19.3 Å². The van der Waals surface area contributed by atoms with Gasteiger partial charge in [-0.15, -0.1) is 0 Å². The van der Waals surface area contributed by atoms with Crippen molar-refractivity contribution in [3.05, 3.63) is 24.3 Å². The number of nitrogens with zero attached hydrogens (tertiary/aromatic N) is 2. The molecule has 82 valence electrons. The Hall–Kier alpha value is -0.960. The topological polar surface area (TPSA) is 37.8 Å². The van der Waals surface area contributed by atoms with Gasteiger partial charge in [-0.2, -0.15) is 0 Å². The standard InChI is InChI=1S/C12H19N3/c1-10-4-2-5-11(10)8-13-9-12-14-6-3-7-15-12/h3,6-7,10-11,13H,2,4-5,8-9H2,1H3. The maximum atomic E-state index is 4.19. The average Bonchev–Trinajstić information content (AvgIpc) is 2.66. The Morgan fingerprint density at radius 1 is 1.33 bits per heavy atom. The molecule has 2 rings (SSSR count). The lowest BCUT2D eigenvalue weighted by atomic mass is 9.98. The van der Waals surface area contributed by atoms with Crippen LogP contribution >= 0.6 is 0 Å². The molecule has 0 saturated heterocycles. The summed E-state index contributed by atoms with van der Waals surface area (Å²) in [4.78, 5) is 8.38. The van der Waals surface area contributed by atoms with Crippen LogP contribution in [0, 0.1) is 11.8 Å². The molecule has 2 atom stereocenters. The Morgan fingerprint density at radius 3 is 2.80 bits per heavy atom. The first kappa shape index (κ1) is 10.6. The summed E-state index contributed by atoms with van der Waals surface area (Å²) in [5.41, 5.74) is 0. The fourth-order valence-electron chi connectivity index (χ4n) is 2.32. The van der Waals surface area contributed by atoms with Gasteiger partial charge in [-0.05, 0) is 30.9 Å². The number of rotatable bonds is 4. The number of aromatic nitrogens is 2. The molecule has 1 heterocycles. The highest BCUT2D eigenvalue weighted by Crippen LogP contribution is 2.30. The fourth-order valence-corrected chi connectivity index (χ4v) is 2.32. The van der Waals surface area contributed by atoms with Gasteiger partial charge in [0.15, 0.2) is 0 Å². The second-order valence-corrected chi connectivity index (χ2v) is 4.46. The molecule has 0 radical (unpaired) electrons. The van der Waals surface area contributed by atoms with Gasteiger partial charge in [-0.1, -0.05) is 19.8 Å². The number of hydrogen-bond donors (Lipinski definition) is 1. The van der Waals surface area contributed by atoms with Crippen LogP contribution in [0.1, 0.15) is 32.0 Å². The molecule has 1 saturated carbocycles. The van der Waals surface area contributed by atoms with Crippen LogP contribution < -0.4 is 5.32 Å². The van der Waals surface area contributed by atoms with E-state index in [0.29, 0.717) is 0 Å². The van der Waals surface area contributed by atoms with Crippen molar-refractivity contribution in [2.45, 2.75) is 32.7 Å². The van der Waals surface area contributed by atoms with E-state index in [1.54, 1.807) is 12.4 Å². The summed E-state index contributed by atoms with van der Waals surface area (Å²) in [6, 6.07) is 1.85. The molecular formula is C12H19N3. The molecule has 0 aliphatic heterocycles. The summed E-state index contributed by atoms with van der Waals surface area (Å²) >= 11 is 0. The monoisotopic (exact) mass is 205 g/mol. The average molecular weight is 205 g/mol. The van der Waals surface area contributed by atoms with E-state index in [1.807, 2.05) is 6.07 Å². The third-order valence-corrected chi connectivity index (χ3v) is 3.35. The van der Waals surface area contributed by atoms with E-state index in [0.717, 1.165) is 30.7 Å². The third kappa shape index (κ3) is 2.99. The van der Waals surface area contributed by atoms with E-state index in [-0.39, 0.29) is 0 Å². The highest BCUT2D eigenvalue weighted by molar-refractivity contribution is 4.88. The Bertz CT molecular complexity index is 286. The minimum absolute atomic E-state index is 0.796. The van der Waals surface area contributed by atoms with Crippen molar-refractivity contribution in [3.8, 4) is 0 Å². The summed E-state index contributed by atoms with van der Waals surface area (Å²) in [5, 5.41) is 3.45. The van der Waals surface area contributed by atoms with Crippen LogP contribution in [-0.2, 0) is 6.54 Å². The highest BCUT2D eigenvalue weighted by atomic mass is 15.0. The van der Waals surface area contributed by atoms with Crippen molar-refractivity contribution < 1.29 is 0 Å². The van der Waals surface area contributed by atoms with Crippen molar-refractivity contribution in [2.75, 3.05) is 6.54 Å². The lowest BCUT2D eigenvalue weighted by Gasteiger charge is -2.15. The van der Waals surface area contributed by atoms with Gasteiger partial charge < -0.3 is 5.32 Å². The highest BCUT2D eigenvalue weighted by Gasteiger charge is 2.22. The van der Waals surface area contributed by atoms with Crippen molar-refractivity contribution in [3.63, 3.8) is 0 Å². The van der Waals surface area contributed by atoms with Gasteiger partial charge in [-0.3, -0.25) is 0 Å². The summed E-state index contributed by atoms with van der Waals surface area (Å²) in [5.74, 6) is 2.63. The fraction of sp³-hybridized carbons (Fsp3) is 0.667. The minimum Gasteiger partial charge on any atom is -0.310 e. The molecule has 1 aliphatic carbocycles. The molecule has 0 aromatic carbocycles. The molecule has 1 aliphatic rings. The van der Waals surface area contributed by atoms with E-state index in [9.17, 15) is 0 Å². The van der Waals surface area contributed by atoms with Gasteiger partial charge in [0.1, 0.15) is 5.82 Å². The molecule has 0 amide bonds. The van der Waals surface area contributed by atoms with Crippen LogP contribution in [0.5, 0.6) is 0 Å². The van der Waals surface area contributed by atoms with Gasteiger partial charge in [-0.25, -0.2) is 9.97 Å². The van der Waals surface area contributed by atoms with E-state index in [2.05, 4.69) is 22.2 Å². The Morgan fingerprint density at radius 2 is 2.13 bits per heavy atom. The molecule has 15 heavy (non-hydrogen) atoms. The smallest absolute Gasteiger partial charge is 0.141 e. The van der Waals surface area contributed by atoms with Crippen LogP contribution in [0.15, 0.2) is 18.5 Å². The van der Waals surface area contributed by atoms with Gasteiger partial charge in [0.2, 0.25) is 0 Å². The molecular weight excluding hydrogens is 186 g/mol. The maximum absolute atomic E-state index is 4.19. The minimum atomic E-state index is 0.796. The van der Waals surface area contributed by atoms with Gasteiger partial charge in [0.25, 0.3) is 0 Å². The van der Waals surface area contributed by atoms with Crippen LogP contribution in [0.25, 0.3) is 0 Å². The van der Waals surface area contributed by atoms with Crippen LogP contribution in [0.4, 0.5) is 0 Å². The summed E-state index contributed by atoms with van der Waals surface area (Å²) < 4.78 is 0. The molecule has 0 bridgehead atoms. The molecule has 1 aromatic rings. The van der Waals surface area contributed by atoms with E-state index in [4.69, 9.17) is 0 Å². The van der Waals surface area contributed by atoms with Gasteiger partial charge in [0.05, 0.1) is 6.54 Å². The Balaban J connectivity index is 1.71. The molecule has 2 unspecified atom stereocenters. The van der Waals surface area contributed by atoms with Crippen molar-refractivity contribution in [2.24, 2.45) is 11.8 Å². The van der Waals surface area contributed by atoms with Crippen molar-refractivity contribution in [1.82, 2.24) is 15.3 Å². The predicted octanol–water partition coefficient (Wildman–Crippen LogP) is 2.00. The zero-order chi connectivity index (χ0) is 10.5. The zero-order valence-corrected chi connectivity index (χ0v) is 9.32. The Labute approximate surface area is 91.3 Å². The maximum Gasteiger partial charge on any atom is 0.141 e. The second-order valence-electron chi connectivity index (χ2n) is 4.46. The summed E-state index contributed by atoms with van der Waals surface area (Å²) in [7, 11) is 0. The summed E-state index contributed by atoms with van der Waals surface area (Å²) in [6.45, 7) is 4.27. The quantitative estimate of drug-likeness (QED) is 0.817. The lowest BCUT2D eigenvalue weighted by molar-refractivity contribution is 0.390. The lowest BCUT2D eigenvalue weighted by Crippen LogP contribution is -2.24. The van der Waals surface area contributed by atoms with Crippen LogP contribution in [-0.4, -0.2) is 16.5 Å². The number of hydrogen-bond acceptors (Lipinski definition) is 3. The molecule has 1 N–H and O–H groups in total. The first-order valence-corrected chi connectivity index (χ1v) is 5.83. The van der Waals surface area contributed by atoms with E-state index < -0.39 is 0 Å². The molecule has 1 aromatic heterocycles. The summed E-state index contributed by atoms with van der Waals surface area (Å²) in [6.07, 6.45) is 7.76. The molecule has 1 fully saturated rings. The van der Waals surface area contributed by atoms with E-state index >= 15 is 0 Å². The molecule has 0 spiro atoms. The van der Waals surface area contributed by atoms with Crippen molar-refractivity contribution >= 4 is 0 Å². The molecule has 3 nitrogen and oxygen atoms in total. The first-order chi connectivity index (χ1) is 7.36. The third-order valence-electron chi connectivity index (χ3n) is 3.35. The van der Waals surface area contributed by atoms with Gasteiger partial charge >= 0.3 is 0 Å². The van der Waals surface area contributed by atoms with Gasteiger partial charge in [0, 0.05) is 12.4 Å². The predicted molar refractivity (Wildman–Crippen MR) is 60.2 cm³/mol. The number of nitrogens with one attached hydrogen (secondary N) is 1. The SMILES string of the molecule is CC1CCCC1CNCc1ncccn1. The normalized spacial score (nSPS) is 25.7. The zero-order valence-electron chi connectivity index (χ0n) is 9.32. The second kappa shape index (κ2) is 5.21. The largest absolute Gasteiger partial charge is 0.310 e. The Kier molecular flexibility index (Phi) is 3.67. The van der Waals surface area contributed by atoms with Crippen molar-refractivity contribution in [1.29, 1.82) is 0 Å². The van der Waals surface area contributed by atoms with Crippen LogP contribution in [0.2, 0.25) is 0 Å².